The molecular weight excluding hydrogens is 813 g/mol. The van der Waals surface area contributed by atoms with Crippen molar-refractivity contribution in [3.8, 4) is 0 Å². The van der Waals surface area contributed by atoms with Gasteiger partial charge < -0.3 is 70.6 Å². The van der Waals surface area contributed by atoms with Crippen LogP contribution in [0.2, 0.25) is 0 Å². The Morgan fingerprint density at radius 3 is 1.45 bits per heavy atom. The first-order valence-corrected chi connectivity index (χ1v) is 21.0. The Kier molecular flexibility index (Phi) is 27.9. The van der Waals surface area contributed by atoms with Gasteiger partial charge in [-0.1, -0.05) is 34.1 Å². The summed E-state index contributed by atoms with van der Waals surface area (Å²) in [5, 5.41) is 29.1. The van der Waals surface area contributed by atoms with Crippen molar-refractivity contribution >= 4 is 59.1 Å². The van der Waals surface area contributed by atoms with Gasteiger partial charge in [0.05, 0.1) is 19.1 Å². The number of hydrogen-bond donors (Lipinski definition) is 13. The van der Waals surface area contributed by atoms with Crippen LogP contribution < -0.4 is 65.5 Å². The number of hydrogen-bond acceptors (Lipinski definition) is 13. The van der Waals surface area contributed by atoms with Crippen LogP contribution in [0.1, 0.15) is 106 Å². The zero-order chi connectivity index (χ0) is 47.5. The number of unbranched alkanes of at least 4 members (excludes halogenated alkanes) is 2. The number of rotatable bonds is 32. The molecule has 17 N–H and O–H groups in total. The third kappa shape index (κ3) is 24.7. The predicted molar refractivity (Wildman–Crippen MR) is 228 cm³/mol. The molecule has 0 bridgehead atoms. The standard InChI is InChI=1S/C39H72N12O11/c1-21(2)17-28(51-35(57)25(42)11-7-9-15-40)36(58)45-19-31(53)44-20-32(54)46-23(5)33(55)50-29(18-22(3)4)38(60)48-26(13-14-30(43)52)37(59)47-24(6)34(56)49-27(39(61)62)12-8-10-16-41/h21-29H,7-20,40-42H2,1-6H3,(H2,43,52)(H,44,53)(H,45,58)(H,46,54)(H,47,59)(H,48,60)(H,49,56)(H,50,55)(H,51,57)(H,61,62)/t23-,24-,25-,26-,27-,28-,29-/m0/s1. The van der Waals surface area contributed by atoms with E-state index in [9.17, 15) is 53.1 Å². The first kappa shape index (κ1) is 56.6. The zero-order valence-corrected chi connectivity index (χ0v) is 36.9. The van der Waals surface area contributed by atoms with Crippen LogP contribution in [0.4, 0.5) is 0 Å². The third-order valence-corrected chi connectivity index (χ3v) is 9.25. The van der Waals surface area contributed by atoms with Gasteiger partial charge in [-0.05, 0) is 90.1 Å². The fourth-order valence-electron chi connectivity index (χ4n) is 5.77. The summed E-state index contributed by atoms with van der Waals surface area (Å²) in [6.07, 6.45) is 2.55. The van der Waals surface area contributed by atoms with E-state index in [1.165, 1.54) is 13.8 Å². The zero-order valence-electron chi connectivity index (χ0n) is 36.9. The number of carboxylic acid groups (broad SMARTS) is 1. The summed E-state index contributed by atoms with van der Waals surface area (Å²) in [6, 6.07) is -8.15. The smallest absolute Gasteiger partial charge is 0.326 e. The predicted octanol–water partition coefficient (Wildman–Crippen LogP) is -3.81. The second-order valence-electron chi connectivity index (χ2n) is 16.0. The summed E-state index contributed by atoms with van der Waals surface area (Å²) >= 11 is 0. The van der Waals surface area contributed by atoms with Gasteiger partial charge >= 0.3 is 5.97 Å². The lowest BCUT2D eigenvalue weighted by atomic mass is 10.0. The molecule has 0 aliphatic rings. The van der Waals surface area contributed by atoms with Crippen LogP contribution in [-0.4, -0.2) is 133 Å². The van der Waals surface area contributed by atoms with Crippen LogP contribution in [0.15, 0.2) is 0 Å². The summed E-state index contributed by atoms with van der Waals surface area (Å²) in [7, 11) is 0. The van der Waals surface area contributed by atoms with Gasteiger partial charge in [-0.3, -0.25) is 43.2 Å². The molecule has 0 radical (unpaired) electrons. The lowest BCUT2D eigenvalue weighted by molar-refractivity contribution is -0.142. The largest absolute Gasteiger partial charge is 0.480 e. The van der Waals surface area contributed by atoms with E-state index in [4.69, 9.17) is 22.9 Å². The molecule has 23 nitrogen and oxygen atoms in total. The van der Waals surface area contributed by atoms with Gasteiger partial charge in [-0.2, -0.15) is 0 Å². The molecule has 9 amide bonds. The highest BCUT2D eigenvalue weighted by atomic mass is 16.4. The van der Waals surface area contributed by atoms with Crippen LogP contribution in [0.3, 0.4) is 0 Å². The van der Waals surface area contributed by atoms with E-state index in [1.807, 2.05) is 13.8 Å². The lowest BCUT2D eigenvalue weighted by Crippen LogP contribution is -2.58. The minimum absolute atomic E-state index is 0.0120. The maximum Gasteiger partial charge on any atom is 0.326 e. The van der Waals surface area contributed by atoms with Crippen LogP contribution in [0, 0.1) is 11.8 Å². The fraction of sp³-hybridized carbons (Fsp3) is 0.744. The van der Waals surface area contributed by atoms with Crippen molar-refractivity contribution in [2.24, 2.45) is 34.8 Å². The number of carboxylic acids is 1. The number of carbonyl (C=O) groups is 10. The minimum Gasteiger partial charge on any atom is -0.480 e. The summed E-state index contributed by atoms with van der Waals surface area (Å²) in [5.41, 5.74) is 22.2. The molecule has 0 saturated heterocycles. The highest BCUT2D eigenvalue weighted by molar-refractivity contribution is 5.97. The van der Waals surface area contributed by atoms with Gasteiger partial charge in [0.25, 0.3) is 0 Å². The van der Waals surface area contributed by atoms with E-state index in [0.717, 1.165) is 0 Å². The van der Waals surface area contributed by atoms with E-state index in [-0.39, 0.29) is 43.9 Å². The van der Waals surface area contributed by atoms with Crippen molar-refractivity contribution in [1.82, 2.24) is 42.5 Å². The summed E-state index contributed by atoms with van der Waals surface area (Å²) < 4.78 is 0. The average molecular weight is 885 g/mol. The Morgan fingerprint density at radius 2 is 0.935 bits per heavy atom. The summed E-state index contributed by atoms with van der Waals surface area (Å²) in [6.45, 7) is 9.57. The Bertz CT molecular complexity index is 1510. The molecule has 7 atom stereocenters. The van der Waals surface area contributed by atoms with Crippen LogP contribution in [0.5, 0.6) is 0 Å². The molecule has 0 unspecified atom stereocenters. The second-order valence-corrected chi connectivity index (χ2v) is 16.0. The number of nitrogens with two attached hydrogens (primary N) is 4. The molecule has 0 aromatic heterocycles. The molecule has 0 aromatic carbocycles. The van der Waals surface area contributed by atoms with Crippen molar-refractivity contribution < 1.29 is 53.1 Å². The normalized spacial score (nSPS) is 14.4. The quantitative estimate of drug-likeness (QED) is 0.0288. The van der Waals surface area contributed by atoms with Gasteiger partial charge in [-0.25, -0.2) is 4.79 Å². The maximum atomic E-state index is 13.5. The SMILES string of the molecule is CC(C)C[C@H](NC(=O)[C@H](C)NC(=O)CNC(=O)CNC(=O)[C@H](CC(C)C)NC(=O)[C@@H](N)CCCCN)C(=O)N[C@@H](CCC(N)=O)C(=O)N[C@@H](C)C(=O)N[C@@H](CCCCN)C(=O)O. The summed E-state index contributed by atoms with van der Waals surface area (Å²) in [5.74, 6) is -8.17. The Labute approximate surface area is 363 Å². The molecular formula is C39H72N12O11. The van der Waals surface area contributed by atoms with Crippen molar-refractivity contribution in [2.75, 3.05) is 26.2 Å². The monoisotopic (exact) mass is 885 g/mol. The molecule has 0 heterocycles. The highest BCUT2D eigenvalue weighted by Gasteiger charge is 2.31. The average Bonchev–Trinajstić information content (AvgIpc) is 3.18. The van der Waals surface area contributed by atoms with Crippen molar-refractivity contribution in [1.29, 1.82) is 0 Å². The van der Waals surface area contributed by atoms with Crippen LogP contribution in [-0.2, 0) is 47.9 Å². The topological polar surface area (TPSA) is 391 Å². The number of amides is 9. The van der Waals surface area contributed by atoms with E-state index >= 15 is 0 Å². The van der Waals surface area contributed by atoms with Gasteiger partial charge in [-0.15, -0.1) is 0 Å². The molecule has 0 saturated carbocycles. The van der Waals surface area contributed by atoms with Crippen molar-refractivity contribution in [2.45, 2.75) is 148 Å². The Balaban J connectivity index is 5.44. The molecule has 0 rings (SSSR count). The van der Waals surface area contributed by atoms with Gasteiger partial charge in [0.15, 0.2) is 0 Å². The Hall–Kier alpha value is -5.42. The van der Waals surface area contributed by atoms with Gasteiger partial charge in [0.1, 0.15) is 36.3 Å². The molecule has 23 heteroatoms. The third-order valence-electron chi connectivity index (χ3n) is 9.25. The molecule has 0 fully saturated rings. The number of nitrogens with one attached hydrogen (secondary N) is 8. The number of carbonyl (C=O) groups excluding carboxylic acids is 9. The first-order valence-electron chi connectivity index (χ1n) is 21.0. The van der Waals surface area contributed by atoms with Crippen molar-refractivity contribution in [3.05, 3.63) is 0 Å². The number of primary amides is 1. The van der Waals surface area contributed by atoms with Crippen molar-refractivity contribution in [3.63, 3.8) is 0 Å². The lowest BCUT2D eigenvalue weighted by Gasteiger charge is -2.26. The summed E-state index contributed by atoms with van der Waals surface area (Å²) in [4.78, 5) is 127. The molecule has 0 spiro atoms. The van der Waals surface area contributed by atoms with E-state index in [0.29, 0.717) is 45.2 Å². The van der Waals surface area contributed by atoms with Gasteiger partial charge in [0, 0.05) is 6.42 Å². The Morgan fingerprint density at radius 1 is 0.484 bits per heavy atom. The highest BCUT2D eigenvalue weighted by Crippen LogP contribution is 2.09. The van der Waals surface area contributed by atoms with Gasteiger partial charge in [0.2, 0.25) is 53.2 Å². The van der Waals surface area contributed by atoms with E-state index in [2.05, 4.69) is 42.5 Å². The maximum absolute atomic E-state index is 13.5. The minimum atomic E-state index is -1.41. The van der Waals surface area contributed by atoms with E-state index < -0.39 is 115 Å². The fourth-order valence-corrected chi connectivity index (χ4v) is 5.77. The molecule has 62 heavy (non-hydrogen) atoms. The first-order chi connectivity index (χ1) is 29.0. The molecule has 0 aliphatic carbocycles. The van der Waals surface area contributed by atoms with E-state index in [1.54, 1.807) is 13.8 Å². The molecule has 0 aliphatic heterocycles. The number of aliphatic carboxylic acids is 1. The van der Waals surface area contributed by atoms with Crippen LogP contribution in [0.25, 0.3) is 0 Å². The van der Waals surface area contributed by atoms with Crippen LogP contribution >= 0.6 is 0 Å². The molecule has 0 aromatic rings. The molecule has 354 valence electrons. The second kappa shape index (κ2) is 30.6.